The predicted octanol–water partition coefficient (Wildman–Crippen LogP) is 3.38. The molecule has 1 N–H and O–H groups in total. The number of aromatic nitrogens is 2. The van der Waals surface area contributed by atoms with E-state index in [4.69, 9.17) is 9.72 Å². The van der Waals surface area contributed by atoms with E-state index < -0.39 is 0 Å². The average molecular weight is 373 g/mol. The number of pyridine rings is 1. The first-order valence-corrected chi connectivity index (χ1v) is 8.24. The zero-order chi connectivity index (χ0) is 17.6. The van der Waals surface area contributed by atoms with Crippen LogP contribution < -0.4 is 15.0 Å². The number of anilines is 2. The van der Waals surface area contributed by atoms with E-state index in [1.807, 2.05) is 50.6 Å². The van der Waals surface area contributed by atoms with Gasteiger partial charge >= 0.3 is 0 Å². The number of carbonyl (C=O) groups excluding carboxylic acids is 1. The van der Waals surface area contributed by atoms with Gasteiger partial charge < -0.3 is 15.0 Å². The Morgan fingerprint density at radius 3 is 2.73 bits per heavy atom. The van der Waals surface area contributed by atoms with Crippen LogP contribution in [0.5, 0.6) is 5.75 Å². The van der Waals surface area contributed by atoms with Gasteiger partial charge in [-0.15, -0.1) is 12.4 Å². The van der Waals surface area contributed by atoms with Gasteiger partial charge in [-0.25, -0.2) is 4.98 Å². The van der Waals surface area contributed by atoms with Crippen molar-refractivity contribution < 1.29 is 9.53 Å². The minimum atomic E-state index is 0. The van der Waals surface area contributed by atoms with Gasteiger partial charge in [-0.3, -0.25) is 9.20 Å². The molecule has 1 amide bonds. The van der Waals surface area contributed by atoms with Crippen molar-refractivity contribution in [2.45, 2.75) is 12.8 Å². The number of halogens is 1. The molecule has 0 radical (unpaired) electrons. The van der Waals surface area contributed by atoms with E-state index in [1.165, 1.54) is 0 Å². The number of amides is 1. The number of nitrogens with one attached hydrogen (secondary N) is 1. The van der Waals surface area contributed by atoms with Gasteiger partial charge in [0.1, 0.15) is 22.9 Å². The van der Waals surface area contributed by atoms with Crippen LogP contribution in [0.25, 0.3) is 16.9 Å². The Hall–Kier alpha value is -2.73. The lowest BCUT2D eigenvalue weighted by Crippen LogP contribution is -2.20. The molecular weight excluding hydrogens is 352 g/mol. The number of rotatable bonds is 3. The summed E-state index contributed by atoms with van der Waals surface area (Å²) in [7, 11) is 5.64. The topological polar surface area (TPSA) is 58.9 Å². The zero-order valence-corrected chi connectivity index (χ0v) is 15.8. The second-order valence-electron chi connectivity index (χ2n) is 6.32. The lowest BCUT2D eigenvalue weighted by molar-refractivity contribution is -0.116. The lowest BCUT2D eigenvalue weighted by atomic mass is 9.94. The van der Waals surface area contributed by atoms with Crippen molar-refractivity contribution in [2.24, 2.45) is 0 Å². The summed E-state index contributed by atoms with van der Waals surface area (Å²) in [5, 5.41) is 2.96. The molecule has 4 rings (SSSR count). The van der Waals surface area contributed by atoms with Gasteiger partial charge in [0.05, 0.1) is 12.8 Å². The minimum absolute atomic E-state index is 0. The smallest absolute Gasteiger partial charge is 0.224 e. The van der Waals surface area contributed by atoms with Gasteiger partial charge in [-0.1, -0.05) is 6.07 Å². The van der Waals surface area contributed by atoms with Crippen molar-refractivity contribution in [1.29, 1.82) is 0 Å². The highest BCUT2D eigenvalue weighted by atomic mass is 35.5. The number of nitrogens with zero attached hydrogens (tertiary/aromatic N) is 3. The molecule has 3 heterocycles. The molecule has 0 aliphatic carbocycles. The van der Waals surface area contributed by atoms with Crippen LogP contribution in [0.1, 0.15) is 12.0 Å². The van der Waals surface area contributed by atoms with Crippen molar-refractivity contribution in [2.75, 3.05) is 31.4 Å². The van der Waals surface area contributed by atoms with Crippen LogP contribution in [0.15, 0.2) is 36.5 Å². The van der Waals surface area contributed by atoms with E-state index >= 15 is 0 Å². The highest BCUT2D eigenvalue weighted by molar-refractivity contribution is 5.98. The lowest BCUT2D eigenvalue weighted by Gasteiger charge is -2.23. The Morgan fingerprint density at radius 2 is 2.00 bits per heavy atom. The van der Waals surface area contributed by atoms with Gasteiger partial charge in [-0.05, 0) is 36.2 Å². The number of methoxy groups -OCH3 is 1. The first-order chi connectivity index (χ1) is 12.1. The molecule has 0 saturated heterocycles. The third-order valence-corrected chi connectivity index (χ3v) is 4.54. The number of benzene rings is 1. The molecule has 1 aliphatic heterocycles. The molecule has 3 aromatic rings. The molecule has 0 bridgehead atoms. The molecule has 7 heteroatoms. The molecule has 6 nitrogen and oxygen atoms in total. The van der Waals surface area contributed by atoms with Crippen LogP contribution in [0.2, 0.25) is 0 Å². The Morgan fingerprint density at radius 1 is 1.19 bits per heavy atom. The van der Waals surface area contributed by atoms with Crippen LogP contribution in [0, 0.1) is 0 Å². The third kappa shape index (κ3) is 2.76. The van der Waals surface area contributed by atoms with Crippen LogP contribution in [0.3, 0.4) is 0 Å². The van der Waals surface area contributed by atoms with E-state index in [0.29, 0.717) is 18.6 Å². The van der Waals surface area contributed by atoms with Crippen molar-refractivity contribution in [3.05, 3.63) is 42.1 Å². The fourth-order valence-corrected chi connectivity index (χ4v) is 3.45. The summed E-state index contributed by atoms with van der Waals surface area (Å²) in [6.45, 7) is 0. The van der Waals surface area contributed by atoms with E-state index in [2.05, 4.69) is 14.6 Å². The van der Waals surface area contributed by atoms with E-state index in [9.17, 15) is 4.79 Å². The maximum Gasteiger partial charge on any atom is 0.224 e. The molecule has 0 saturated carbocycles. The largest absolute Gasteiger partial charge is 0.495 e. The molecular formula is C19H21ClN4O2. The molecule has 136 valence electrons. The highest BCUT2D eigenvalue weighted by Gasteiger charge is 2.25. The summed E-state index contributed by atoms with van der Waals surface area (Å²) in [4.78, 5) is 18.8. The number of hydrogen-bond donors (Lipinski definition) is 1. The Labute approximate surface area is 158 Å². The van der Waals surface area contributed by atoms with Crippen LogP contribution >= 0.6 is 12.4 Å². The molecule has 1 aliphatic rings. The summed E-state index contributed by atoms with van der Waals surface area (Å²) in [5.41, 5.74) is 4.67. The number of hydrogen-bond acceptors (Lipinski definition) is 4. The van der Waals surface area contributed by atoms with Crippen LogP contribution in [-0.4, -0.2) is 36.5 Å². The maximum atomic E-state index is 11.9. The van der Waals surface area contributed by atoms with E-state index in [0.717, 1.165) is 34.0 Å². The van der Waals surface area contributed by atoms with E-state index in [1.54, 1.807) is 7.11 Å². The standard InChI is InChI=1S/C19H20N4O2.ClH/c1-22(2)19-18(20-15-6-4-5-11-23(15)19)13-7-9-14(25-3)17-12(13)8-10-16(24)21-17;/h4-7,9,11H,8,10H2,1-3H3,(H,21,24);1H. The summed E-state index contributed by atoms with van der Waals surface area (Å²) in [5.74, 6) is 1.72. The second-order valence-corrected chi connectivity index (χ2v) is 6.32. The predicted molar refractivity (Wildman–Crippen MR) is 106 cm³/mol. The molecule has 1 aromatic carbocycles. The van der Waals surface area contributed by atoms with Gasteiger partial charge in [0.25, 0.3) is 0 Å². The fourth-order valence-electron chi connectivity index (χ4n) is 3.45. The molecule has 26 heavy (non-hydrogen) atoms. The summed E-state index contributed by atoms with van der Waals surface area (Å²) in [6, 6.07) is 9.89. The number of carbonyl (C=O) groups is 1. The summed E-state index contributed by atoms with van der Waals surface area (Å²) in [6.07, 6.45) is 3.16. The van der Waals surface area contributed by atoms with Gasteiger partial charge in [0.15, 0.2) is 0 Å². The first kappa shape index (κ1) is 18.1. The SMILES string of the molecule is COc1ccc(-c2nc3ccccn3c2N(C)C)c2c1NC(=O)CC2.Cl. The van der Waals surface area contributed by atoms with Gasteiger partial charge in [-0.2, -0.15) is 0 Å². The monoisotopic (exact) mass is 372 g/mol. The minimum Gasteiger partial charge on any atom is -0.495 e. The molecule has 0 spiro atoms. The Kier molecular flexibility index (Phi) is 4.78. The fraction of sp³-hybridized carbons (Fsp3) is 0.263. The molecule has 0 unspecified atom stereocenters. The number of fused-ring (bicyclic) bond motifs is 2. The Balaban J connectivity index is 0.00000196. The van der Waals surface area contributed by atoms with Gasteiger partial charge in [0, 0.05) is 32.3 Å². The van der Waals surface area contributed by atoms with Gasteiger partial charge in [0.2, 0.25) is 5.91 Å². The molecule has 0 atom stereocenters. The molecule has 0 fully saturated rings. The summed E-state index contributed by atoms with van der Waals surface area (Å²) >= 11 is 0. The third-order valence-electron chi connectivity index (χ3n) is 4.54. The average Bonchev–Trinajstić information content (AvgIpc) is 3.00. The van der Waals surface area contributed by atoms with Crippen LogP contribution in [-0.2, 0) is 11.2 Å². The van der Waals surface area contributed by atoms with Crippen molar-refractivity contribution in [3.63, 3.8) is 0 Å². The van der Waals surface area contributed by atoms with Crippen molar-refractivity contribution in [1.82, 2.24) is 9.38 Å². The van der Waals surface area contributed by atoms with Crippen LogP contribution in [0.4, 0.5) is 11.5 Å². The summed E-state index contributed by atoms with van der Waals surface area (Å²) < 4.78 is 7.51. The van der Waals surface area contributed by atoms with Crippen molar-refractivity contribution in [3.8, 4) is 17.0 Å². The second kappa shape index (κ2) is 6.88. The zero-order valence-electron chi connectivity index (χ0n) is 14.9. The molecule has 2 aromatic heterocycles. The first-order valence-electron chi connectivity index (χ1n) is 8.24. The normalized spacial score (nSPS) is 13.0. The quantitative estimate of drug-likeness (QED) is 0.765. The van der Waals surface area contributed by atoms with E-state index in [-0.39, 0.29) is 18.3 Å². The number of imidazole rings is 1. The van der Waals surface area contributed by atoms with Crippen molar-refractivity contribution >= 4 is 35.5 Å². The highest BCUT2D eigenvalue weighted by Crippen LogP contribution is 2.41. The Bertz CT molecular complexity index is 981. The maximum absolute atomic E-state index is 11.9. The number of ether oxygens (including phenoxy) is 1.